The van der Waals surface area contributed by atoms with Crippen molar-refractivity contribution >= 4 is 0 Å². The lowest BCUT2D eigenvalue weighted by Crippen LogP contribution is -2.27. The summed E-state index contributed by atoms with van der Waals surface area (Å²) >= 11 is 0. The first-order chi connectivity index (χ1) is 6.16. The van der Waals surface area contributed by atoms with Crippen LogP contribution in [0.4, 0.5) is 0 Å². The van der Waals surface area contributed by atoms with Gasteiger partial charge in [-0.3, -0.25) is 0 Å². The number of phenols is 1. The molecule has 2 rings (SSSR count). The lowest BCUT2D eigenvalue weighted by atomic mass is 9.87. The fraction of sp³-hybridized carbons (Fsp3) is 0.455. The molecular weight excluding hydrogens is 162 g/mol. The van der Waals surface area contributed by atoms with Crippen LogP contribution < -0.4 is 5.73 Å². The van der Waals surface area contributed by atoms with E-state index in [9.17, 15) is 5.11 Å². The Balaban J connectivity index is 2.43. The van der Waals surface area contributed by atoms with E-state index in [1.54, 1.807) is 0 Å². The number of hydrogen-bond donors (Lipinski definition) is 2. The Kier molecular flexibility index (Phi) is 2.00. The lowest BCUT2D eigenvalue weighted by Gasteiger charge is -2.22. The number of benzene rings is 1. The lowest BCUT2D eigenvalue weighted by molar-refractivity contribution is 0.467. The number of aromatic hydroxyl groups is 1. The smallest absolute Gasteiger partial charge is 0.118 e. The predicted octanol–water partition coefficient (Wildman–Crippen LogP) is 1.52. The molecule has 0 saturated carbocycles. The van der Waals surface area contributed by atoms with Gasteiger partial charge < -0.3 is 10.8 Å². The van der Waals surface area contributed by atoms with Crippen molar-refractivity contribution in [2.75, 3.05) is 0 Å². The molecule has 1 aromatic carbocycles. The zero-order valence-electron chi connectivity index (χ0n) is 7.88. The van der Waals surface area contributed by atoms with Gasteiger partial charge in [0, 0.05) is 6.04 Å². The summed E-state index contributed by atoms with van der Waals surface area (Å²) in [5.41, 5.74) is 9.41. The van der Waals surface area contributed by atoms with Crippen LogP contribution in [0.2, 0.25) is 0 Å². The van der Waals surface area contributed by atoms with Crippen molar-refractivity contribution in [3.05, 3.63) is 28.8 Å². The maximum Gasteiger partial charge on any atom is 0.118 e. The maximum absolute atomic E-state index is 9.52. The molecule has 3 N–H and O–H groups in total. The fourth-order valence-corrected chi connectivity index (χ4v) is 1.95. The molecule has 1 unspecified atom stereocenters. The van der Waals surface area contributed by atoms with Gasteiger partial charge in [-0.1, -0.05) is 6.07 Å². The minimum absolute atomic E-state index is 0.273. The van der Waals surface area contributed by atoms with Crippen LogP contribution >= 0.6 is 0 Å². The minimum Gasteiger partial charge on any atom is -0.508 e. The molecular formula is C11H15NO. The molecule has 0 radical (unpaired) electrons. The van der Waals surface area contributed by atoms with Crippen molar-refractivity contribution in [1.29, 1.82) is 0 Å². The highest BCUT2D eigenvalue weighted by atomic mass is 16.3. The second-order valence-electron chi connectivity index (χ2n) is 3.91. The summed E-state index contributed by atoms with van der Waals surface area (Å²) in [6.45, 7) is 1.93. The van der Waals surface area contributed by atoms with Gasteiger partial charge in [0.15, 0.2) is 0 Å². The SMILES string of the molecule is Cc1cc2c(cc1O)CC(N)CC2. The van der Waals surface area contributed by atoms with Crippen LogP contribution in [0.15, 0.2) is 12.1 Å². The number of fused-ring (bicyclic) bond motifs is 1. The molecule has 0 aliphatic heterocycles. The molecule has 0 bridgehead atoms. The van der Waals surface area contributed by atoms with Crippen molar-refractivity contribution in [3.63, 3.8) is 0 Å². The number of rotatable bonds is 0. The highest BCUT2D eigenvalue weighted by Gasteiger charge is 2.16. The van der Waals surface area contributed by atoms with Gasteiger partial charge in [0.2, 0.25) is 0 Å². The van der Waals surface area contributed by atoms with Gasteiger partial charge in [-0.25, -0.2) is 0 Å². The number of hydrogen-bond acceptors (Lipinski definition) is 2. The average molecular weight is 177 g/mol. The quantitative estimate of drug-likeness (QED) is 0.631. The van der Waals surface area contributed by atoms with Crippen LogP contribution in [0, 0.1) is 6.92 Å². The molecule has 1 aliphatic rings. The minimum atomic E-state index is 0.273. The maximum atomic E-state index is 9.52. The third-order valence-corrected chi connectivity index (χ3v) is 2.78. The summed E-state index contributed by atoms with van der Waals surface area (Å²) in [4.78, 5) is 0. The zero-order valence-corrected chi connectivity index (χ0v) is 7.88. The Morgan fingerprint density at radius 2 is 2.15 bits per heavy atom. The average Bonchev–Trinajstić information content (AvgIpc) is 2.08. The Morgan fingerprint density at radius 3 is 2.92 bits per heavy atom. The van der Waals surface area contributed by atoms with Gasteiger partial charge in [-0.2, -0.15) is 0 Å². The Bertz CT molecular complexity index is 333. The van der Waals surface area contributed by atoms with Gasteiger partial charge in [-0.15, -0.1) is 0 Å². The summed E-state index contributed by atoms with van der Waals surface area (Å²) in [5.74, 6) is 0.396. The van der Waals surface area contributed by atoms with Crippen molar-refractivity contribution in [3.8, 4) is 5.75 Å². The topological polar surface area (TPSA) is 46.2 Å². The third-order valence-electron chi connectivity index (χ3n) is 2.78. The Labute approximate surface area is 78.4 Å². The second kappa shape index (κ2) is 3.04. The predicted molar refractivity (Wildman–Crippen MR) is 52.8 cm³/mol. The molecule has 0 saturated heterocycles. The summed E-state index contributed by atoms with van der Waals surface area (Å²) < 4.78 is 0. The molecule has 0 amide bonds. The van der Waals surface area contributed by atoms with Gasteiger partial charge in [0.05, 0.1) is 0 Å². The van der Waals surface area contributed by atoms with E-state index in [0.717, 1.165) is 24.8 Å². The summed E-state index contributed by atoms with van der Waals surface area (Å²) in [6, 6.07) is 4.22. The van der Waals surface area contributed by atoms with E-state index in [-0.39, 0.29) is 6.04 Å². The first kappa shape index (κ1) is 8.57. The highest BCUT2D eigenvalue weighted by molar-refractivity contribution is 5.42. The molecule has 13 heavy (non-hydrogen) atoms. The van der Waals surface area contributed by atoms with Crippen molar-refractivity contribution in [2.24, 2.45) is 5.73 Å². The van der Waals surface area contributed by atoms with Crippen molar-refractivity contribution in [1.82, 2.24) is 0 Å². The standard InChI is InChI=1S/C11H15NO/c1-7-4-8-2-3-10(12)5-9(8)6-11(7)13/h4,6,10,13H,2-3,5,12H2,1H3. The highest BCUT2D eigenvalue weighted by Crippen LogP contribution is 2.27. The molecule has 1 aliphatic carbocycles. The first-order valence-corrected chi connectivity index (χ1v) is 4.74. The van der Waals surface area contributed by atoms with E-state index in [1.165, 1.54) is 11.1 Å². The van der Waals surface area contributed by atoms with E-state index in [0.29, 0.717) is 5.75 Å². The zero-order chi connectivity index (χ0) is 9.42. The van der Waals surface area contributed by atoms with Crippen LogP contribution in [0.5, 0.6) is 5.75 Å². The number of nitrogens with two attached hydrogens (primary N) is 1. The van der Waals surface area contributed by atoms with Gasteiger partial charge >= 0.3 is 0 Å². The van der Waals surface area contributed by atoms with E-state index < -0.39 is 0 Å². The van der Waals surface area contributed by atoms with Crippen LogP contribution in [0.3, 0.4) is 0 Å². The Morgan fingerprint density at radius 1 is 1.38 bits per heavy atom. The molecule has 2 nitrogen and oxygen atoms in total. The van der Waals surface area contributed by atoms with Crippen molar-refractivity contribution in [2.45, 2.75) is 32.2 Å². The molecule has 0 spiro atoms. The van der Waals surface area contributed by atoms with Crippen molar-refractivity contribution < 1.29 is 5.11 Å². The molecule has 1 aromatic rings. The molecule has 0 aromatic heterocycles. The monoisotopic (exact) mass is 177 g/mol. The van der Waals surface area contributed by atoms with Crippen LogP contribution in [0.25, 0.3) is 0 Å². The largest absolute Gasteiger partial charge is 0.508 e. The third kappa shape index (κ3) is 1.54. The molecule has 1 atom stereocenters. The number of phenolic OH excluding ortho intramolecular Hbond substituents is 1. The summed E-state index contributed by atoms with van der Waals surface area (Å²) in [5, 5.41) is 9.52. The number of aryl methyl sites for hydroxylation is 2. The van der Waals surface area contributed by atoms with Crippen LogP contribution in [-0.2, 0) is 12.8 Å². The van der Waals surface area contributed by atoms with Gasteiger partial charge in [0.25, 0.3) is 0 Å². The second-order valence-corrected chi connectivity index (χ2v) is 3.91. The summed E-state index contributed by atoms with van der Waals surface area (Å²) in [7, 11) is 0. The van der Waals surface area contributed by atoms with E-state index in [1.807, 2.05) is 13.0 Å². The summed E-state index contributed by atoms with van der Waals surface area (Å²) in [6.07, 6.45) is 3.03. The van der Waals surface area contributed by atoms with Gasteiger partial charge in [0.1, 0.15) is 5.75 Å². The van der Waals surface area contributed by atoms with Gasteiger partial charge in [-0.05, 0) is 48.9 Å². The first-order valence-electron chi connectivity index (χ1n) is 4.74. The molecule has 0 fully saturated rings. The van der Waals surface area contributed by atoms with Crippen LogP contribution in [0.1, 0.15) is 23.1 Å². The van der Waals surface area contributed by atoms with E-state index in [2.05, 4.69) is 6.07 Å². The molecule has 0 heterocycles. The van der Waals surface area contributed by atoms with E-state index in [4.69, 9.17) is 5.73 Å². The van der Waals surface area contributed by atoms with E-state index >= 15 is 0 Å². The Hall–Kier alpha value is -1.02. The fourth-order valence-electron chi connectivity index (χ4n) is 1.95. The molecule has 70 valence electrons. The normalized spacial score (nSPS) is 21.2. The van der Waals surface area contributed by atoms with Crippen LogP contribution in [-0.4, -0.2) is 11.1 Å². The molecule has 2 heteroatoms.